The van der Waals surface area contributed by atoms with Gasteiger partial charge in [0.1, 0.15) is 11.6 Å². The minimum atomic E-state index is -1.04. The predicted octanol–water partition coefficient (Wildman–Crippen LogP) is 1.88. The van der Waals surface area contributed by atoms with E-state index in [0.717, 1.165) is 19.6 Å². The van der Waals surface area contributed by atoms with Gasteiger partial charge in [0.15, 0.2) is 0 Å². The van der Waals surface area contributed by atoms with Gasteiger partial charge in [0.25, 0.3) is 0 Å². The average Bonchev–Trinajstić information content (AvgIpc) is 2.77. The summed E-state index contributed by atoms with van der Waals surface area (Å²) in [5.41, 5.74) is -0.636. The Hall–Kier alpha value is -0.950. The first-order chi connectivity index (χ1) is 9.28. The molecule has 1 amide bonds. The first-order valence-corrected chi connectivity index (χ1v) is 7.74. The molecule has 1 fully saturated rings. The molecule has 0 radical (unpaired) electrons. The van der Waals surface area contributed by atoms with E-state index >= 15 is 0 Å². The van der Waals surface area contributed by atoms with Crippen LogP contribution in [0.25, 0.3) is 0 Å². The number of nitrogens with one attached hydrogen (secondary N) is 1. The molecule has 1 rings (SSSR count). The normalized spacial score (nSPS) is 20.4. The molecule has 6 nitrogen and oxygen atoms in total. The molecule has 1 aliphatic heterocycles. The van der Waals surface area contributed by atoms with Crippen molar-refractivity contribution >= 4 is 23.8 Å². The Labute approximate surface area is 123 Å². The number of carboxylic acids is 1. The van der Waals surface area contributed by atoms with Crippen LogP contribution in [0.3, 0.4) is 0 Å². The van der Waals surface area contributed by atoms with E-state index in [1.54, 1.807) is 32.5 Å². The minimum Gasteiger partial charge on any atom is -0.480 e. The molecule has 7 heteroatoms. The minimum absolute atomic E-state index is 0.371. The van der Waals surface area contributed by atoms with Crippen LogP contribution in [0.4, 0.5) is 4.79 Å². The number of thioether (sulfide) groups is 1. The molecule has 116 valence electrons. The van der Waals surface area contributed by atoms with Gasteiger partial charge in [0.2, 0.25) is 0 Å². The van der Waals surface area contributed by atoms with Gasteiger partial charge in [-0.05, 0) is 39.4 Å². The smallest absolute Gasteiger partial charge is 0.408 e. The van der Waals surface area contributed by atoms with Gasteiger partial charge in [0.05, 0.1) is 6.61 Å². The van der Waals surface area contributed by atoms with Gasteiger partial charge in [-0.25, -0.2) is 9.59 Å². The maximum absolute atomic E-state index is 11.6. The summed E-state index contributed by atoms with van der Waals surface area (Å²) in [6.07, 6.45) is 0.677. The maximum atomic E-state index is 11.6. The Morgan fingerprint density at radius 3 is 2.70 bits per heavy atom. The predicted molar refractivity (Wildman–Crippen MR) is 77.1 cm³/mol. The lowest BCUT2D eigenvalue weighted by atomic mass is 10.2. The van der Waals surface area contributed by atoms with Crippen LogP contribution < -0.4 is 5.32 Å². The number of carbonyl (C=O) groups excluding carboxylic acids is 1. The van der Waals surface area contributed by atoms with E-state index in [2.05, 4.69) is 5.32 Å². The highest BCUT2D eigenvalue weighted by molar-refractivity contribution is 7.99. The van der Waals surface area contributed by atoms with Crippen molar-refractivity contribution in [1.82, 2.24) is 5.32 Å². The van der Waals surface area contributed by atoms with Gasteiger partial charge in [-0.3, -0.25) is 0 Å². The van der Waals surface area contributed by atoms with Crippen molar-refractivity contribution in [2.75, 3.05) is 19.0 Å². The molecule has 1 saturated heterocycles. The maximum Gasteiger partial charge on any atom is 0.408 e. The van der Waals surface area contributed by atoms with Gasteiger partial charge in [-0.2, -0.15) is 11.8 Å². The Morgan fingerprint density at radius 2 is 2.20 bits per heavy atom. The molecule has 20 heavy (non-hydrogen) atoms. The molecule has 0 spiro atoms. The van der Waals surface area contributed by atoms with E-state index in [1.807, 2.05) is 0 Å². The number of alkyl carbamates (subject to hydrolysis) is 1. The molecule has 2 unspecified atom stereocenters. The third-order valence-corrected chi connectivity index (χ3v) is 3.95. The highest BCUT2D eigenvalue weighted by atomic mass is 32.2. The molecule has 2 atom stereocenters. The highest BCUT2D eigenvalue weighted by Crippen LogP contribution is 2.21. The van der Waals surface area contributed by atoms with Crippen molar-refractivity contribution in [2.45, 2.75) is 50.5 Å². The summed E-state index contributed by atoms with van der Waals surface area (Å²) >= 11 is 1.69. The average molecular weight is 305 g/mol. The van der Waals surface area contributed by atoms with Crippen LogP contribution in [0.2, 0.25) is 0 Å². The van der Waals surface area contributed by atoms with Crippen LogP contribution >= 0.6 is 11.8 Å². The lowest BCUT2D eigenvalue weighted by Gasteiger charge is -2.22. The molecule has 0 aromatic heterocycles. The molecule has 0 bridgehead atoms. The summed E-state index contributed by atoms with van der Waals surface area (Å²) < 4.78 is 10.3. The van der Waals surface area contributed by atoms with Crippen LogP contribution in [0, 0.1) is 0 Å². The van der Waals surface area contributed by atoms with Crippen LogP contribution in [-0.4, -0.2) is 53.0 Å². The van der Waals surface area contributed by atoms with Crippen LogP contribution in [0.1, 0.15) is 33.6 Å². The molecular formula is C13H23NO5S. The lowest BCUT2D eigenvalue weighted by Crippen LogP contribution is -2.43. The molecule has 0 aromatic carbocycles. The van der Waals surface area contributed by atoms with Crippen LogP contribution in [0.15, 0.2) is 0 Å². The summed E-state index contributed by atoms with van der Waals surface area (Å²) in [4.78, 5) is 22.7. The first-order valence-electron chi connectivity index (χ1n) is 6.69. The molecule has 1 aliphatic rings. The Balaban J connectivity index is 2.32. The fourth-order valence-electron chi connectivity index (χ4n) is 1.70. The number of rotatable bonds is 6. The summed E-state index contributed by atoms with van der Waals surface area (Å²) in [6, 6.07) is -0.917. The molecule has 0 saturated carbocycles. The number of amides is 1. The third-order valence-electron chi connectivity index (χ3n) is 2.64. The Morgan fingerprint density at radius 1 is 1.50 bits per heavy atom. The van der Waals surface area contributed by atoms with E-state index in [4.69, 9.17) is 14.6 Å². The number of carbonyl (C=O) groups is 2. The second-order valence-corrected chi connectivity index (χ2v) is 7.09. The Bertz CT molecular complexity index is 336. The molecule has 0 aliphatic carbocycles. The van der Waals surface area contributed by atoms with Crippen molar-refractivity contribution in [2.24, 2.45) is 0 Å². The van der Waals surface area contributed by atoms with Gasteiger partial charge in [-0.1, -0.05) is 0 Å². The van der Waals surface area contributed by atoms with Gasteiger partial charge < -0.3 is 19.9 Å². The van der Waals surface area contributed by atoms with Crippen LogP contribution in [0.5, 0.6) is 0 Å². The fourth-order valence-corrected chi connectivity index (χ4v) is 2.86. The second kappa shape index (κ2) is 7.73. The van der Waals surface area contributed by atoms with E-state index in [0.29, 0.717) is 17.4 Å². The number of ether oxygens (including phenoxy) is 2. The Kier molecular flexibility index (Phi) is 6.61. The summed E-state index contributed by atoms with van der Waals surface area (Å²) in [6.45, 7) is 6.70. The third kappa shape index (κ3) is 7.00. The number of aliphatic carboxylic acids is 1. The summed E-state index contributed by atoms with van der Waals surface area (Å²) in [5.74, 6) is -0.375. The molecular weight excluding hydrogens is 282 g/mol. The highest BCUT2D eigenvalue weighted by Gasteiger charge is 2.24. The van der Waals surface area contributed by atoms with Gasteiger partial charge in [-0.15, -0.1) is 0 Å². The number of hydrogen-bond acceptors (Lipinski definition) is 5. The standard InChI is InChI=1S/C13H23NO5S/c1-13(2,3)19-12(17)14-10(11(15)16)5-7-20-9-4-6-18-8-9/h9-10H,4-8H2,1-3H3,(H,14,17)(H,15,16). The zero-order valence-electron chi connectivity index (χ0n) is 12.2. The van der Waals surface area contributed by atoms with E-state index < -0.39 is 23.7 Å². The summed E-state index contributed by atoms with van der Waals surface area (Å²) in [7, 11) is 0. The van der Waals surface area contributed by atoms with Gasteiger partial charge in [0, 0.05) is 11.9 Å². The van der Waals surface area contributed by atoms with E-state index in [-0.39, 0.29) is 0 Å². The molecule has 1 heterocycles. The van der Waals surface area contributed by atoms with E-state index in [9.17, 15) is 9.59 Å². The van der Waals surface area contributed by atoms with Crippen molar-refractivity contribution in [1.29, 1.82) is 0 Å². The topological polar surface area (TPSA) is 84.9 Å². The zero-order chi connectivity index (χ0) is 15.2. The van der Waals surface area contributed by atoms with Crippen molar-refractivity contribution in [3.63, 3.8) is 0 Å². The van der Waals surface area contributed by atoms with E-state index in [1.165, 1.54) is 0 Å². The number of carboxylic acid groups (broad SMARTS) is 1. The number of hydrogen-bond donors (Lipinski definition) is 2. The molecule has 0 aromatic rings. The lowest BCUT2D eigenvalue weighted by molar-refractivity contribution is -0.139. The second-order valence-electron chi connectivity index (χ2n) is 5.68. The van der Waals surface area contributed by atoms with Crippen molar-refractivity contribution < 1.29 is 24.2 Å². The largest absolute Gasteiger partial charge is 0.480 e. The zero-order valence-corrected chi connectivity index (χ0v) is 13.0. The quantitative estimate of drug-likeness (QED) is 0.779. The summed E-state index contributed by atoms with van der Waals surface area (Å²) in [5, 5.41) is 11.9. The first kappa shape index (κ1) is 17.1. The van der Waals surface area contributed by atoms with Crippen LogP contribution in [-0.2, 0) is 14.3 Å². The molecule has 2 N–H and O–H groups in total. The van der Waals surface area contributed by atoms with Crippen molar-refractivity contribution in [3.05, 3.63) is 0 Å². The SMILES string of the molecule is CC(C)(C)OC(=O)NC(CCSC1CCOC1)C(=O)O. The fraction of sp³-hybridized carbons (Fsp3) is 0.846. The monoisotopic (exact) mass is 305 g/mol. The van der Waals surface area contributed by atoms with Gasteiger partial charge >= 0.3 is 12.1 Å². The van der Waals surface area contributed by atoms with Crippen molar-refractivity contribution in [3.8, 4) is 0 Å².